The molecular formula is C28H32F2IN5O2. The maximum absolute atomic E-state index is 13.9. The van der Waals surface area contributed by atoms with E-state index in [4.69, 9.17) is 4.98 Å². The van der Waals surface area contributed by atoms with Gasteiger partial charge in [-0.25, -0.2) is 13.8 Å². The number of amides is 2. The van der Waals surface area contributed by atoms with Crippen LogP contribution in [0.1, 0.15) is 61.7 Å². The summed E-state index contributed by atoms with van der Waals surface area (Å²) < 4.78 is 28.8. The van der Waals surface area contributed by atoms with Gasteiger partial charge in [0.05, 0.1) is 16.9 Å². The summed E-state index contributed by atoms with van der Waals surface area (Å²) in [6.07, 6.45) is 5.66. The number of carbonyl (C=O) groups excluding carboxylic acids is 2. The van der Waals surface area contributed by atoms with Gasteiger partial charge in [0.2, 0.25) is 5.91 Å². The van der Waals surface area contributed by atoms with E-state index in [2.05, 4.69) is 38.9 Å². The van der Waals surface area contributed by atoms with Gasteiger partial charge in [-0.3, -0.25) is 9.59 Å². The van der Waals surface area contributed by atoms with E-state index in [1.807, 2.05) is 17.0 Å². The molecular weight excluding hydrogens is 603 g/mol. The van der Waals surface area contributed by atoms with Gasteiger partial charge in [0.15, 0.2) is 5.82 Å². The molecule has 3 aliphatic heterocycles. The third kappa shape index (κ3) is 5.20. The van der Waals surface area contributed by atoms with Gasteiger partial charge >= 0.3 is 0 Å². The van der Waals surface area contributed by atoms with Crippen LogP contribution < -0.4 is 20.0 Å². The summed E-state index contributed by atoms with van der Waals surface area (Å²) in [5.41, 5.74) is 2.69. The van der Waals surface area contributed by atoms with E-state index in [0.29, 0.717) is 41.3 Å². The van der Waals surface area contributed by atoms with E-state index in [1.165, 1.54) is 12.8 Å². The number of pyridine rings is 1. The van der Waals surface area contributed by atoms with Crippen LogP contribution in [0.4, 0.5) is 31.8 Å². The normalized spacial score (nSPS) is 22.2. The molecule has 7 nitrogen and oxygen atoms in total. The highest BCUT2D eigenvalue weighted by atomic mass is 127. The number of hydrogen-bond acceptors (Lipinski definition) is 5. The number of carbonyl (C=O) groups is 2. The van der Waals surface area contributed by atoms with Crippen LogP contribution in [0, 0.1) is 8.99 Å². The second kappa shape index (κ2) is 9.91. The van der Waals surface area contributed by atoms with E-state index in [-0.39, 0.29) is 37.7 Å². The minimum absolute atomic E-state index is 0.00483. The number of nitrogens with zero attached hydrogens (tertiary/aromatic N) is 4. The molecule has 0 unspecified atom stereocenters. The highest BCUT2D eigenvalue weighted by Gasteiger charge is 2.44. The number of rotatable bonds is 5. The van der Waals surface area contributed by atoms with Crippen molar-refractivity contribution >= 4 is 57.4 Å². The number of anilines is 4. The Bertz CT molecular complexity index is 1250. The maximum Gasteiger partial charge on any atom is 0.258 e. The molecule has 10 heteroatoms. The van der Waals surface area contributed by atoms with Crippen LogP contribution in [-0.4, -0.2) is 55.4 Å². The van der Waals surface area contributed by atoms with Crippen LogP contribution in [0.5, 0.6) is 0 Å². The quantitative estimate of drug-likeness (QED) is 0.429. The Balaban J connectivity index is 1.26. The Morgan fingerprint density at radius 1 is 0.895 bits per heavy atom. The van der Waals surface area contributed by atoms with Crippen molar-refractivity contribution in [2.45, 2.75) is 57.3 Å². The van der Waals surface area contributed by atoms with Crippen molar-refractivity contribution in [2.24, 2.45) is 5.41 Å². The molecule has 6 rings (SSSR count). The molecule has 0 bridgehead atoms. The van der Waals surface area contributed by atoms with Gasteiger partial charge in [0.1, 0.15) is 5.82 Å². The lowest BCUT2D eigenvalue weighted by molar-refractivity contribution is -0.117. The Morgan fingerprint density at radius 2 is 1.61 bits per heavy atom. The highest BCUT2D eigenvalue weighted by molar-refractivity contribution is 14.1. The van der Waals surface area contributed by atoms with Crippen LogP contribution in [0.15, 0.2) is 30.3 Å². The van der Waals surface area contributed by atoms with Gasteiger partial charge in [-0.15, -0.1) is 0 Å². The van der Waals surface area contributed by atoms with Gasteiger partial charge < -0.3 is 20.0 Å². The number of nitrogens with one attached hydrogen (secondary N) is 1. The van der Waals surface area contributed by atoms with Crippen molar-refractivity contribution in [3.63, 3.8) is 0 Å². The molecule has 1 aliphatic carbocycles. The van der Waals surface area contributed by atoms with Crippen molar-refractivity contribution in [1.82, 2.24) is 4.98 Å². The maximum atomic E-state index is 13.9. The number of halogens is 3. The number of aromatic nitrogens is 1. The lowest BCUT2D eigenvalue weighted by Crippen LogP contribution is -2.41. The first-order chi connectivity index (χ1) is 18.2. The fourth-order valence-corrected chi connectivity index (χ4v) is 6.42. The van der Waals surface area contributed by atoms with Crippen molar-refractivity contribution < 1.29 is 18.4 Å². The lowest BCUT2D eigenvalue weighted by Gasteiger charge is -2.35. The summed E-state index contributed by atoms with van der Waals surface area (Å²) in [5, 5.41) is 2.95. The summed E-state index contributed by atoms with van der Waals surface area (Å²) in [7, 11) is 0. The number of piperidine rings is 2. The monoisotopic (exact) mass is 635 g/mol. The zero-order valence-corrected chi connectivity index (χ0v) is 23.5. The van der Waals surface area contributed by atoms with Crippen LogP contribution in [0.25, 0.3) is 0 Å². The van der Waals surface area contributed by atoms with Gasteiger partial charge in [-0.2, -0.15) is 0 Å². The van der Waals surface area contributed by atoms with Gasteiger partial charge in [0, 0.05) is 55.6 Å². The Labute approximate surface area is 235 Å². The zero-order chi connectivity index (χ0) is 26.5. The number of benzene rings is 1. The summed E-state index contributed by atoms with van der Waals surface area (Å²) >= 11 is 2.28. The second-order valence-corrected chi connectivity index (χ2v) is 12.4. The molecule has 1 N–H and O–H groups in total. The van der Waals surface area contributed by atoms with E-state index in [1.54, 1.807) is 17.0 Å². The van der Waals surface area contributed by atoms with Gasteiger partial charge in [0.25, 0.3) is 11.8 Å². The molecule has 2 aromatic rings. The third-order valence-electron chi connectivity index (χ3n) is 8.58. The Hall–Kier alpha value is -2.50. The molecule has 4 aliphatic rings. The summed E-state index contributed by atoms with van der Waals surface area (Å²) in [6.45, 7) is 2.75. The molecule has 2 amide bonds. The van der Waals surface area contributed by atoms with E-state index in [0.717, 1.165) is 41.6 Å². The molecule has 0 radical (unpaired) electrons. The van der Waals surface area contributed by atoms with E-state index in [9.17, 15) is 18.4 Å². The van der Waals surface area contributed by atoms with Crippen molar-refractivity contribution in [3.8, 4) is 0 Å². The van der Waals surface area contributed by atoms with Crippen LogP contribution in [-0.2, 0) is 4.79 Å². The summed E-state index contributed by atoms with van der Waals surface area (Å²) in [4.78, 5) is 36.6. The fourth-order valence-electron chi connectivity index (χ4n) is 5.94. The molecule has 1 aromatic carbocycles. The average Bonchev–Trinajstić information content (AvgIpc) is 3.51. The summed E-state index contributed by atoms with van der Waals surface area (Å²) in [6, 6.07) is 9.33. The SMILES string of the molecule is O=C(Nc1ccc(N2CCCC2=O)c(N2CCC(F)(F)CC2)n1)c1ccc(I)cc1N1CCC2(CC1)CC2. The topological polar surface area (TPSA) is 68.8 Å². The third-order valence-corrected chi connectivity index (χ3v) is 9.25. The van der Waals surface area contributed by atoms with Gasteiger partial charge in [-0.05, 0) is 90.4 Å². The standard InChI is InChI=1S/C28H32F2IN5O2/c29-28(30)11-16-35(17-12-28)25-21(36-13-1-2-24(36)37)5-6-23(32-25)33-26(38)20-4-3-19(31)18-22(20)34-14-9-27(7-8-27)10-15-34/h3-6,18H,1-2,7-17H2,(H,32,33,38). The lowest BCUT2D eigenvalue weighted by atomic mass is 9.93. The van der Waals surface area contributed by atoms with Crippen molar-refractivity contribution in [2.75, 3.05) is 52.7 Å². The summed E-state index contributed by atoms with van der Waals surface area (Å²) in [5.74, 6) is -2.12. The van der Waals surface area contributed by atoms with Crippen LogP contribution in [0.2, 0.25) is 0 Å². The molecule has 0 atom stereocenters. The molecule has 1 saturated carbocycles. The van der Waals surface area contributed by atoms with Gasteiger partial charge in [-0.1, -0.05) is 0 Å². The Morgan fingerprint density at radius 3 is 2.26 bits per heavy atom. The van der Waals surface area contributed by atoms with Crippen LogP contribution in [0.3, 0.4) is 0 Å². The second-order valence-electron chi connectivity index (χ2n) is 11.1. The average molecular weight is 635 g/mol. The minimum Gasteiger partial charge on any atom is -0.371 e. The van der Waals surface area contributed by atoms with Crippen molar-refractivity contribution in [3.05, 3.63) is 39.5 Å². The molecule has 1 aromatic heterocycles. The first kappa shape index (κ1) is 25.8. The zero-order valence-electron chi connectivity index (χ0n) is 21.3. The smallest absolute Gasteiger partial charge is 0.258 e. The first-order valence-electron chi connectivity index (χ1n) is 13.5. The predicted molar refractivity (Wildman–Crippen MR) is 152 cm³/mol. The van der Waals surface area contributed by atoms with E-state index >= 15 is 0 Å². The number of alkyl halides is 2. The van der Waals surface area contributed by atoms with Crippen LogP contribution >= 0.6 is 22.6 Å². The highest BCUT2D eigenvalue weighted by Crippen LogP contribution is 2.54. The molecule has 38 heavy (non-hydrogen) atoms. The van der Waals surface area contributed by atoms with E-state index < -0.39 is 5.92 Å². The Kier molecular flexibility index (Phi) is 6.72. The molecule has 1 spiro atoms. The molecule has 3 saturated heterocycles. The largest absolute Gasteiger partial charge is 0.371 e. The molecule has 202 valence electrons. The molecule has 4 heterocycles. The fraction of sp³-hybridized carbons (Fsp3) is 0.536. The molecule has 4 fully saturated rings. The number of hydrogen-bond donors (Lipinski definition) is 1. The van der Waals surface area contributed by atoms with Crippen molar-refractivity contribution in [1.29, 1.82) is 0 Å². The first-order valence-corrected chi connectivity index (χ1v) is 14.6. The minimum atomic E-state index is -2.69. The predicted octanol–water partition coefficient (Wildman–Crippen LogP) is 5.68.